The average Bonchev–Trinajstić information content (AvgIpc) is 2.49. The molecule has 2 aromatic carbocycles. The number of carbonyl (C=O) groups excluding carboxylic acids is 1. The second-order valence-electron chi connectivity index (χ2n) is 4.66. The third-order valence-corrected chi connectivity index (χ3v) is 3.50. The quantitative estimate of drug-likeness (QED) is 0.646. The van der Waals surface area contributed by atoms with Gasteiger partial charge in [0.25, 0.3) is 5.91 Å². The second kappa shape index (κ2) is 7.13. The molecule has 0 saturated heterocycles. The Kier molecular flexibility index (Phi) is 5.21. The van der Waals surface area contributed by atoms with Crippen molar-refractivity contribution in [1.29, 1.82) is 5.26 Å². The second-order valence-corrected chi connectivity index (χ2v) is 5.50. The van der Waals surface area contributed by atoms with E-state index in [2.05, 4.69) is 5.32 Å². The Labute approximate surface area is 138 Å². The number of halogens is 2. The van der Waals surface area contributed by atoms with Crippen LogP contribution in [0.5, 0.6) is 0 Å². The molecule has 0 aliphatic carbocycles. The Morgan fingerprint density at radius 3 is 2.45 bits per heavy atom. The summed E-state index contributed by atoms with van der Waals surface area (Å²) in [5.74, 6) is -0.489. The zero-order chi connectivity index (χ0) is 16.1. The molecule has 110 valence electrons. The largest absolute Gasteiger partial charge is 0.321 e. The van der Waals surface area contributed by atoms with Crippen LogP contribution in [0, 0.1) is 18.3 Å². The van der Waals surface area contributed by atoms with Gasteiger partial charge >= 0.3 is 0 Å². The topological polar surface area (TPSA) is 52.9 Å². The van der Waals surface area contributed by atoms with Crippen molar-refractivity contribution < 1.29 is 4.79 Å². The van der Waals surface area contributed by atoms with Crippen LogP contribution < -0.4 is 5.32 Å². The van der Waals surface area contributed by atoms with Crippen molar-refractivity contribution in [1.82, 2.24) is 0 Å². The first-order chi connectivity index (χ1) is 10.5. The molecule has 1 N–H and O–H groups in total. The summed E-state index contributed by atoms with van der Waals surface area (Å²) in [5.41, 5.74) is 2.23. The molecule has 0 heterocycles. The minimum atomic E-state index is -0.489. The Morgan fingerprint density at radius 1 is 1.18 bits per heavy atom. The molecular formula is C17H12Cl2N2O. The van der Waals surface area contributed by atoms with Crippen molar-refractivity contribution in [3.8, 4) is 6.07 Å². The van der Waals surface area contributed by atoms with Crippen molar-refractivity contribution in [3.05, 3.63) is 69.2 Å². The van der Waals surface area contributed by atoms with E-state index < -0.39 is 5.91 Å². The van der Waals surface area contributed by atoms with Gasteiger partial charge in [0, 0.05) is 15.7 Å². The maximum atomic E-state index is 12.1. The normalized spacial score (nSPS) is 10.9. The third-order valence-electron chi connectivity index (χ3n) is 2.94. The number of anilines is 1. The number of hydrogen-bond acceptors (Lipinski definition) is 2. The molecule has 5 heteroatoms. The van der Waals surface area contributed by atoms with Crippen LogP contribution >= 0.6 is 23.2 Å². The molecule has 0 aromatic heterocycles. The summed E-state index contributed by atoms with van der Waals surface area (Å²) in [6.45, 7) is 1.95. The predicted octanol–water partition coefficient (Wildman–Crippen LogP) is 4.85. The number of rotatable bonds is 3. The predicted molar refractivity (Wildman–Crippen MR) is 89.9 cm³/mol. The molecule has 0 radical (unpaired) electrons. The summed E-state index contributed by atoms with van der Waals surface area (Å²) in [7, 11) is 0. The molecule has 0 unspecified atom stereocenters. The molecule has 22 heavy (non-hydrogen) atoms. The minimum absolute atomic E-state index is 0.0372. The van der Waals surface area contributed by atoms with Gasteiger partial charge in [-0.15, -0.1) is 0 Å². The van der Waals surface area contributed by atoms with Crippen molar-refractivity contribution >= 4 is 40.9 Å². The molecule has 0 aliphatic heterocycles. The average molecular weight is 331 g/mol. The summed E-state index contributed by atoms with van der Waals surface area (Å²) >= 11 is 11.9. The van der Waals surface area contributed by atoms with Crippen molar-refractivity contribution in [2.45, 2.75) is 6.92 Å². The van der Waals surface area contributed by atoms with Crippen LogP contribution in [0.2, 0.25) is 10.0 Å². The van der Waals surface area contributed by atoms with Crippen molar-refractivity contribution in [2.24, 2.45) is 0 Å². The molecule has 3 nitrogen and oxygen atoms in total. The molecule has 2 aromatic rings. The number of nitrogens with one attached hydrogen (secondary N) is 1. The van der Waals surface area contributed by atoms with E-state index >= 15 is 0 Å². The van der Waals surface area contributed by atoms with Gasteiger partial charge in [-0.25, -0.2) is 0 Å². The number of nitriles is 1. The van der Waals surface area contributed by atoms with E-state index in [4.69, 9.17) is 23.2 Å². The number of amides is 1. The number of carbonyl (C=O) groups is 1. The molecule has 1 amide bonds. The lowest BCUT2D eigenvalue weighted by atomic mass is 10.1. The van der Waals surface area contributed by atoms with Crippen LogP contribution in [0.1, 0.15) is 11.1 Å². The van der Waals surface area contributed by atoms with E-state index in [-0.39, 0.29) is 5.57 Å². The highest BCUT2D eigenvalue weighted by Gasteiger charge is 2.10. The monoisotopic (exact) mass is 330 g/mol. The fraction of sp³-hybridized carbons (Fsp3) is 0.0588. The number of nitrogens with zero attached hydrogens (tertiary/aromatic N) is 1. The van der Waals surface area contributed by atoms with Crippen LogP contribution in [-0.4, -0.2) is 5.91 Å². The van der Waals surface area contributed by atoms with Crippen LogP contribution in [-0.2, 0) is 4.79 Å². The number of hydrogen-bond donors (Lipinski definition) is 1. The van der Waals surface area contributed by atoms with Crippen LogP contribution in [0.4, 0.5) is 5.69 Å². The smallest absolute Gasteiger partial charge is 0.266 e. The summed E-state index contributed by atoms with van der Waals surface area (Å²) in [6.07, 6.45) is 1.43. The van der Waals surface area contributed by atoms with Gasteiger partial charge in [0.15, 0.2) is 0 Å². The molecule has 0 atom stereocenters. The van der Waals surface area contributed by atoms with Crippen LogP contribution in [0.15, 0.2) is 48.0 Å². The van der Waals surface area contributed by atoms with Gasteiger partial charge in [-0.3, -0.25) is 4.79 Å². The highest BCUT2D eigenvalue weighted by Crippen LogP contribution is 2.23. The van der Waals surface area contributed by atoms with Crippen LogP contribution in [0.25, 0.3) is 6.08 Å². The molecule has 0 spiro atoms. The van der Waals surface area contributed by atoms with Crippen molar-refractivity contribution in [2.75, 3.05) is 5.32 Å². The molecule has 0 bridgehead atoms. The van der Waals surface area contributed by atoms with E-state index in [0.717, 1.165) is 5.56 Å². The maximum Gasteiger partial charge on any atom is 0.266 e. The SMILES string of the molecule is Cc1ccc(NC(=O)/C(C#N)=C\c2ccc(Cl)cc2Cl)cc1. The lowest BCUT2D eigenvalue weighted by Crippen LogP contribution is -2.13. The number of aryl methyl sites for hydroxylation is 1. The lowest BCUT2D eigenvalue weighted by molar-refractivity contribution is -0.112. The van der Waals surface area contributed by atoms with Crippen molar-refractivity contribution in [3.63, 3.8) is 0 Å². The van der Waals surface area contributed by atoms with Gasteiger partial charge < -0.3 is 5.32 Å². The van der Waals surface area contributed by atoms with Gasteiger partial charge in [-0.05, 0) is 42.8 Å². The van der Waals surface area contributed by atoms with E-state index in [0.29, 0.717) is 21.3 Å². The van der Waals surface area contributed by atoms with Gasteiger partial charge in [-0.2, -0.15) is 5.26 Å². The molecule has 0 fully saturated rings. The third kappa shape index (κ3) is 4.11. The molecule has 0 saturated carbocycles. The molecular weight excluding hydrogens is 319 g/mol. The standard InChI is InChI=1S/C17H12Cl2N2O/c1-11-2-6-15(7-3-11)21-17(22)13(10-20)8-12-4-5-14(18)9-16(12)19/h2-9H,1H3,(H,21,22)/b13-8-. The maximum absolute atomic E-state index is 12.1. The highest BCUT2D eigenvalue weighted by atomic mass is 35.5. The fourth-order valence-electron chi connectivity index (χ4n) is 1.76. The first-order valence-electron chi connectivity index (χ1n) is 6.44. The Balaban J connectivity index is 2.23. The van der Waals surface area contributed by atoms with Crippen LogP contribution in [0.3, 0.4) is 0 Å². The van der Waals surface area contributed by atoms with E-state index in [9.17, 15) is 10.1 Å². The zero-order valence-corrected chi connectivity index (χ0v) is 13.2. The Hall–Kier alpha value is -2.28. The van der Waals surface area contributed by atoms with Gasteiger partial charge in [0.05, 0.1) is 0 Å². The van der Waals surface area contributed by atoms with E-state index in [1.165, 1.54) is 6.08 Å². The first kappa shape index (κ1) is 16.1. The van der Waals surface area contributed by atoms with Gasteiger partial charge in [0.2, 0.25) is 0 Å². The summed E-state index contributed by atoms with van der Waals surface area (Å²) < 4.78 is 0. The fourth-order valence-corrected chi connectivity index (χ4v) is 2.22. The van der Waals surface area contributed by atoms with E-state index in [1.54, 1.807) is 30.3 Å². The summed E-state index contributed by atoms with van der Waals surface area (Å²) in [5, 5.41) is 12.7. The summed E-state index contributed by atoms with van der Waals surface area (Å²) in [6, 6.07) is 14.0. The summed E-state index contributed by atoms with van der Waals surface area (Å²) in [4.78, 5) is 12.1. The lowest BCUT2D eigenvalue weighted by Gasteiger charge is -2.05. The molecule has 2 rings (SSSR count). The molecule has 0 aliphatic rings. The number of benzene rings is 2. The Bertz CT molecular complexity index is 774. The zero-order valence-electron chi connectivity index (χ0n) is 11.7. The van der Waals surface area contributed by atoms with E-state index in [1.807, 2.05) is 25.1 Å². The van der Waals surface area contributed by atoms with Gasteiger partial charge in [-0.1, -0.05) is 47.0 Å². The minimum Gasteiger partial charge on any atom is -0.321 e. The first-order valence-corrected chi connectivity index (χ1v) is 7.20. The van der Waals surface area contributed by atoms with Gasteiger partial charge in [0.1, 0.15) is 11.6 Å². The Morgan fingerprint density at radius 2 is 1.86 bits per heavy atom. The highest BCUT2D eigenvalue weighted by molar-refractivity contribution is 6.35.